The second-order valence-corrected chi connectivity index (χ2v) is 3.66. The van der Waals surface area contributed by atoms with Crippen molar-refractivity contribution in [1.29, 1.82) is 0 Å². The lowest BCUT2D eigenvalue weighted by atomic mass is 10.0. The molecule has 0 aliphatic carbocycles. The zero-order valence-electron chi connectivity index (χ0n) is 8.93. The predicted octanol–water partition coefficient (Wildman–Crippen LogP) is 1.13. The Balaban J connectivity index is 0.00000128. The summed E-state index contributed by atoms with van der Waals surface area (Å²) in [5.74, 6) is 0. The quantitative estimate of drug-likeness (QED) is 0.775. The third-order valence-electron chi connectivity index (χ3n) is 2.71. The molecule has 1 aliphatic heterocycles. The average Bonchev–Trinajstić information content (AvgIpc) is 2.30. The maximum absolute atomic E-state index is 11.3. The van der Waals surface area contributed by atoms with Gasteiger partial charge >= 0.3 is 6.03 Å². The molecule has 2 rings (SSSR count). The topological polar surface area (TPSA) is 58.4 Å². The Hall–Kier alpha value is -1.26. The van der Waals surface area contributed by atoms with E-state index in [0.717, 1.165) is 18.7 Å². The third-order valence-corrected chi connectivity index (χ3v) is 2.71. The van der Waals surface area contributed by atoms with E-state index >= 15 is 0 Å². The number of carbonyl (C=O) groups excluding carboxylic acids is 1. The molecule has 16 heavy (non-hydrogen) atoms. The van der Waals surface area contributed by atoms with Crippen molar-refractivity contribution in [2.24, 2.45) is 5.73 Å². The highest BCUT2D eigenvalue weighted by Gasteiger charge is 2.25. The van der Waals surface area contributed by atoms with Crippen molar-refractivity contribution in [1.82, 2.24) is 10.2 Å². The first-order valence-corrected chi connectivity index (χ1v) is 5.11. The molecular weight excluding hydrogens is 226 g/mol. The van der Waals surface area contributed by atoms with Crippen LogP contribution in [0.15, 0.2) is 30.3 Å². The van der Waals surface area contributed by atoms with E-state index in [-0.39, 0.29) is 24.5 Å². The summed E-state index contributed by atoms with van der Waals surface area (Å²) in [4.78, 5) is 13.0. The Kier molecular flexibility index (Phi) is 4.58. The van der Waals surface area contributed by atoms with Gasteiger partial charge < -0.3 is 16.0 Å². The number of primary amides is 1. The number of urea groups is 1. The van der Waals surface area contributed by atoms with Crippen molar-refractivity contribution in [3.8, 4) is 0 Å². The van der Waals surface area contributed by atoms with E-state index in [1.807, 2.05) is 30.3 Å². The minimum Gasteiger partial charge on any atom is -0.351 e. The van der Waals surface area contributed by atoms with Crippen LogP contribution in [0.5, 0.6) is 0 Å². The molecule has 1 saturated heterocycles. The van der Waals surface area contributed by atoms with Crippen molar-refractivity contribution in [2.75, 3.05) is 19.6 Å². The van der Waals surface area contributed by atoms with E-state index < -0.39 is 0 Å². The van der Waals surface area contributed by atoms with Crippen molar-refractivity contribution in [3.63, 3.8) is 0 Å². The maximum Gasteiger partial charge on any atom is 0.315 e. The number of nitrogens with zero attached hydrogens (tertiary/aromatic N) is 1. The van der Waals surface area contributed by atoms with Gasteiger partial charge in [0.2, 0.25) is 0 Å². The Morgan fingerprint density at radius 1 is 1.38 bits per heavy atom. The van der Waals surface area contributed by atoms with Crippen molar-refractivity contribution in [3.05, 3.63) is 35.9 Å². The summed E-state index contributed by atoms with van der Waals surface area (Å²) in [6.07, 6.45) is 0. The van der Waals surface area contributed by atoms with E-state index in [4.69, 9.17) is 5.73 Å². The molecule has 2 amide bonds. The minimum absolute atomic E-state index is 0. The summed E-state index contributed by atoms with van der Waals surface area (Å²) in [5, 5.41) is 3.27. The van der Waals surface area contributed by atoms with Crippen LogP contribution in [0.2, 0.25) is 0 Å². The number of piperazine rings is 1. The van der Waals surface area contributed by atoms with Crippen LogP contribution in [-0.2, 0) is 0 Å². The van der Waals surface area contributed by atoms with Crippen molar-refractivity contribution in [2.45, 2.75) is 6.04 Å². The van der Waals surface area contributed by atoms with Gasteiger partial charge in [-0.05, 0) is 5.56 Å². The van der Waals surface area contributed by atoms with Gasteiger partial charge in [-0.15, -0.1) is 12.4 Å². The predicted molar refractivity (Wildman–Crippen MR) is 65.6 cm³/mol. The van der Waals surface area contributed by atoms with Gasteiger partial charge in [0, 0.05) is 19.6 Å². The monoisotopic (exact) mass is 241 g/mol. The summed E-state index contributed by atoms with van der Waals surface area (Å²) in [5.41, 5.74) is 6.48. The van der Waals surface area contributed by atoms with Gasteiger partial charge in [0.05, 0.1) is 6.04 Å². The van der Waals surface area contributed by atoms with E-state index in [1.165, 1.54) is 0 Å². The van der Waals surface area contributed by atoms with Crippen LogP contribution < -0.4 is 11.1 Å². The van der Waals surface area contributed by atoms with Crippen LogP contribution in [0.4, 0.5) is 4.79 Å². The van der Waals surface area contributed by atoms with E-state index in [2.05, 4.69) is 5.32 Å². The summed E-state index contributed by atoms with van der Waals surface area (Å²) < 4.78 is 0. The molecule has 1 aromatic carbocycles. The Bertz CT molecular complexity index is 344. The SMILES string of the molecule is Cl.NC(=O)N1CCNCC1c1ccccc1. The molecule has 1 aromatic rings. The van der Waals surface area contributed by atoms with Crippen LogP contribution in [0, 0.1) is 0 Å². The fourth-order valence-electron chi connectivity index (χ4n) is 1.94. The first-order chi connectivity index (χ1) is 7.29. The molecule has 1 heterocycles. The third kappa shape index (κ3) is 2.65. The molecule has 1 fully saturated rings. The number of benzene rings is 1. The molecule has 5 heteroatoms. The van der Waals surface area contributed by atoms with Gasteiger partial charge in [-0.1, -0.05) is 30.3 Å². The van der Waals surface area contributed by atoms with Gasteiger partial charge in [-0.3, -0.25) is 0 Å². The molecule has 1 aliphatic rings. The molecule has 0 aromatic heterocycles. The lowest BCUT2D eigenvalue weighted by Crippen LogP contribution is -2.50. The second-order valence-electron chi connectivity index (χ2n) is 3.66. The summed E-state index contributed by atoms with van der Waals surface area (Å²) in [6.45, 7) is 2.26. The van der Waals surface area contributed by atoms with Crippen molar-refractivity contribution >= 4 is 18.4 Å². The maximum atomic E-state index is 11.3. The minimum atomic E-state index is -0.342. The zero-order chi connectivity index (χ0) is 10.7. The van der Waals surface area contributed by atoms with Gasteiger partial charge in [-0.25, -0.2) is 4.79 Å². The average molecular weight is 242 g/mol. The first kappa shape index (κ1) is 12.8. The lowest BCUT2D eigenvalue weighted by Gasteiger charge is -2.35. The molecule has 0 saturated carbocycles. The molecule has 4 nitrogen and oxygen atoms in total. The summed E-state index contributed by atoms with van der Waals surface area (Å²) >= 11 is 0. The Morgan fingerprint density at radius 2 is 2.06 bits per heavy atom. The van der Waals surface area contributed by atoms with Crippen LogP contribution >= 0.6 is 12.4 Å². The molecule has 0 bridgehead atoms. The Labute approximate surface area is 101 Å². The van der Waals surface area contributed by atoms with Gasteiger partial charge in [0.1, 0.15) is 0 Å². The number of hydrogen-bond acceptors (Lipinski definition) is 2. The van der Waals surface area contributed by atoms with Crippen LogP contribution in [-0.4, -0.2) is 30.6 Å². The second kappa shape index (κ2) is 5.72. The number of nitrogens with one attached hydrogen (secondary N) is 1. The summed E-state index contributed by atoms with van der Waals surface area (Å²) in [7, 11) is 0. The number of carbonyl (C=O) groups is 1. The largest absolute Gasteiger partial charge is 0.351 e. The molecule has 88 valence electrons. The first-order valence-electron chi connectivity index (χ1n) is 5.11. The highest BCUT2D eigenvalue weighted by atomic mass is 35.5. The fraction of sp³-hybridized carbons (Fsp3) is 0.364. The van der Waals surface area contributed by atoms with Gasteiger partial charge in [0.15, 0.2) is 0 Å². The number of rotatable bonds is 1. The molecule has 1 atom stereocenters. The van der Waals surface area contributed by atoms with E-state index in [1.54, 1.807) is 4.90 Å². The standard InChI is InChI=1S/C11H15N3O.ClH/c12-11(15)14-7-6-13-8-10(14)9-4-2-1-3-5-9;/h1-5,10,13H,6-8H2,(H2,12,15);1H. The smallest absolute Gasteiger partial charge is 0.315 e. The fourth-order valence-corrected chi connectivity index (χ4v) is 1.94. The number of hydrogen-bond donors (Lipinski definition) is 2. The zero-order valence-corrected chi connectivity index (χ0v) is 9.74. The normalized spacial score (nSPS) is 20.0. The number of nitrogens with two attached hydrogens (primary N) is 1. The molecule has 0 spiro atoms. The van der Waals surface area contributed by atoms with Crippen LogP contribution in [0.25, 0.3) is 0 Å². The van der Waals surface area contributed by atoms with Gasteiger partial charge in [0.25, 0.3) is 0 Å². The molecule has 0 radical (unpaired) electrons. The highest BCUT2D eigenvalue weighted by molar-refractivity contribution is 5.85. The van der Waals surface area contributed by atoms with Crippen LogP contribution in [0.1, 0.15) is 11.6 Å². The molecular formula is C11H16ClN3O. The molecule has 1 unspecified atom stereocenters. The number of amides is 2. The lowest BCUT2D eigenvalue weighted by molar-refractivity contribution is 0.167. The summed E-state index contributed by atoms with van der Waals surface area (Å²) in [6, 6.07) is 9.68. The van der Waals surface area contributed by atoms with Gasteiger partial charge in [-0.2, -0.15) is 0 Å². The molecule has 3 N–H and O–H groups in total. The van der Waals surface area contributed by atoms with E-state index in [0.29, 0.717) is 6.54 Å². The van der Waals surface area contributed by atoms with E-state index in [9.17, 15) is 4.79 Å². The Morgan fingerprint density at radius 3 is 2.69 bits per heavy atom. The highest BCUT2D eigenvalue weighted by Crippen LogP contribution is 2.21. The van der Waals surface area contributed by atoms with Crippen molar-refractivity contribution < 1.29 is 4.79 Å². The number of halogens is 1. The van der Waals surface area contributed by atoms with Crippen LogP contribution in [0.3, 0.4) is 0 Å².